The van der Waals surface area contributed by atoms with Gasteiger partial charge in [-0.1, -0.05) is 39.7 Å². The van der Waals surface area contributed by atoms with Crippen LogP contribution >= 0.6 is 27.5 Å². The third-order valence-electron chi connectivity index (χ3n) is 2.76. The van der Waals surface area contributed by atoms with Crippen LogP contribution in [0.4, 0.5) is 4.39 Å². The zero-order valence-corrected chi connectivity index (χ0v) is 12.4. The van der Waals surface area contributed by atoms with Crippen LogP contribution in [0.25, 0.3) is 0 Å². The summed E-state index contributed by atoms with van der Waals surface area (Å²) in [6.45, 7) is 0. The second kappa shape index (κ2) is 5.90. The minimum atomic E-state index is -1.15. The average Bonchev–Trinajstić information content (AvgIpc) is 2.41. The molecule has 5 heteroatoms. The summed E-state index contributed by atoms with van der Waals surface area (Å²) >= 11 is 9.33. The highest BCUT2D eigenvalue weighted by molar-refractivity contribution is 9.10. The number of halogens is 3. The molecule has 0 fully saturated rings. The van der Waals surface area contributed by atoms with E-state index in [2.05, 4.69) is 15.9 Å². The molecule has 1 atom stereocenters. The molecule has 0 aromatic heterocycles. The Morgan fingerprint density at radius 2 is 2.00 bits per heavy atom. The molecule has 0 aliphatic heterocycles. The first-order valence-corrected chi connectivity index (χ1v) is 6.67. The van der Waals surface area contributed by atoms with E-state index in [1.807, 2.05) is 0 Å². The van der Waals surface area contributed by atoms with Crippen LogP contribution in [0, 0.1) is 5.82 Å². The van der Waals surface area contributed by atoms with Crippen molar-refractivity contribution in [3.63, 3.8) is 0 Å². The molecule has 0 spiro atoms. The molecule has 2 aromatic carbocycles. The van der Waals surface area contributed by atoms with Gasteiger partial charge in [-0.15, -0.1) is 0 Å². The van der Waals surface area contributed by atoms with Gasteiger partial charge in [0.1, 0.15) is 6.10 Å². The maximum absolute atomic E-state index is 14.1. The Labute approximate surface area is 123 Å². The van der Waals surface area contributed by atoms with E-state index in [1.165, 1.54) is 19.2 Å². The van der Waals surface area contributed by atoms with Gasteiger partial charge in [0, 0.05) is 20.6 Å². The maximum Gasteiger partial charge on any atom is 0.171 e. The number of hydrogen-bond donors (Lipinski definition) is 1. The summed E-state index contributed by atoms with van der Waals surface area (Å²) in [4.78, 5) is 0. The van der Waals surface area contributed by atoms with Crippen molar-refractivity contribution in [2.75, 3.05) is 7.11 Å². The van der Waals surface area contributed by atoms with Crippen LogP contribution < -0.4 is 4.74 Å². The van der Waals surface area contributed by atoms with E-state index in [4.69, 9.17) is 16.3 Å². The molecule has 0 saturated heterocycles. The Kier molecular flexibility index (Phi) is 4.45. The monoisotopic (exact) mass is 344 g/mol. The van der Waals surface area contributed by atoms with Gasteiger partial charge in [-0.2, -0.15) is 0 Å². The number of ether oxygens (including phenoxy) is 1. The molecule has 0 aliphatic carbocycles. The van der Waals surface area contributed by atoms with Crippen molar-refractivity contribution in [1.82, 2.24) is 0 Å². The van der Waals surface area contributed by atoms with Crippen LogP contribution in [-0.4, -0.2) is 12.2 Å². The van der Waals surface area contributed by atoms with Crippen LogP contribution in [0.3, 0.4) is 0 Å². The lowest BCUT2D eigenvalue weighted by Gasteiger charge is -2.15. The molecule has 0 heterocycles. The number of hydrogen-bond acceptors (Lipinski definition) is 2. The minimum Gasteiger partial charge on any atom is -0.494 e. The highest BCUT2D eigenvalue weighted by atomic mass is 79.9. The third-order valence-corrected chi connectivity index (χ3v) is 3.60. The van der Waals surface area contributed by atoms with Gasteiger partial charge in [0.15, 0.2) is 11.6 Å². The lowest BCUT2D eigenvalue weighted by Crippen LogP contribution is -2.04. The van der Waals surface area contributed by atoms with Crippen LogP contribution in [-0.2, 0) is 0 Å². The molecule has 0 radical (unpaired) electrons. The summed E-state index contributed by atoms with van der Waals surface area (Å²) < 4.78 is 19.8. The second-order valence-corrected chi connectivity index (χ2v) is 5.25. The quantitative estimate of drug-likeness (QED) is 0.897. The average molecular weight is 346 g/mol. The molecule has 0 saturated carbocycles. The SMILES string of the molecule is COc1cccc(C(O)c2cc(Br)ccc2Cl)c1F. The minimum absolute atomic E-state index is 0.0858. The molecule has 2 nitrogen and oxygen atoms in total. The predicted molar refractivity (Wildman–Crippen MR) is 76.2 cm³/mol. The summed E-state index contributed by atoms with van der Waals surface area (Å²) in [6.07, 6.45) is -1.15. The van der Waals surface area contributed by atoms with E-state index in [-0.39, 0.29) is 11.3 Å². The van der Waals surface area contributed by atoms with Crippen LogP contribution in [0.15, 0.2) is 40.9 Å². The Hall–Kier alpha value is -1.10. The van der Waals surface area contributed by atoms with Crippen molar-refractivity contribution < 1.29 is 14.2 Å². The molecule has 1 N–H and O–H groups in total. The summed E-state index contributed by atoms with van der Waals surface area (Å²) in [7, 11) is 1.38. The number of aliphatic hydroxyl groups excluding tert-OH is 1. The molecule has 1 unspecified atom stereocenters. The van der Waals surface area contributed by atoms with E-state index < -0.39 is 11.9 Å². The molecule has 100 valence electrons. The topological polar surface area (TPSA) is 29.5 Å². The van der Waals surface area contributed by atoms with Crippen molar-refractivity contribution in [3.8, 4) is 5.75 Å². The fraction of sp³-hybridized carbons (Fsp3) is 0.143. The van der Waals surface area contributed by atoms with Crippen LogP contribution in [0.2, 0.25) is 5.02 Å². The zero-order valence-electron chi connectivity index (χ0n) is 10.0. The van der Waals surface area contributed by atoms with Crippen molar-refractivity contribution in [2.24, 2.45) is 0 Å². The Bertz CT molecular complexity index is 604. The molecule has 0 aliphatic rings. The van der Waals surface area contributed by atoms with Crippen molar-refractivity contribution >= 4 is 27.5 Å². The molecule has 2 aromatic rings. The van der Waals surface area contributed by atoms with E-state index >= 15 is 0 Å². The van der Waals surface area contributed by atoms with Crippen molar-refractivity contribution in [2.45, 2.75) is 6.10 Å². The van der Waals surface area contributed by atoms with Crippen molar-refractivity contribution in [3.05, 3.63) is 62.8 Å². The first kappa shape index (κ1) is 14.3. The third kappa shape index (κ3) is 2.91. The number of benzene rings is 2. The fourth-order valence-electron chi connectivity index (χ4n) is 1.79. The first-order chi connectivity index (χ1) is 9.04. The number of rotatable bonds is 3. The normalized spacial score (nSPS) is 12.3. The summed E-state index contributed by atoms with van der Waals surface area (Å²) in [6, 6.07) is 9.66. The molecular weight excluding hydrogens is 335 g/mol. The zero-order chi connectivity index (χ0) is 14.0. The summed E-state index contributed by atoms with van der Waals surface area (Å²) in [5, 5.41) is 10.7. The molecule has 19 heavy (non-hydrogen) atoms. The van der Waals surface area contributed by atoms with Gasteiger partial charge in [-0.3, -0.25) is 0 Å². The van der Waals surface area contributed by atoms with Gasteiger partial charge in [-0.25, -0.2) is 4.39 Å². The Morgan fingerprint density at radius 1 is 1.26 bits per heavy atom. The highest BCUT2D eigenvalue weighted by Gasteiger charge is 2.20. The van der Waals surface area contributed by atoms with E-state index in [9.17, 15) is 9.50 Å². The lowest BCUT2D eigenvalue weighted by atomic mass is 10.0. The van der Waals surface area contributed by atoms with E-state index in [0.29, 0.717) is 10.6 Å². The van der Waals surface area contributed by atoms with Gasteiger partial charge in [-0.05, 0) is 24.3 Å². The maximum atomic E-state index is 14.1. The standard InChI is InChI=1S/C14H11BrClFO2/c1-19-12-4-2-3-9(13(12)17)14(18)10-7-8(15)5-6-11(10)16/h2-7,14,18H,1H3. The first-order valence-electron chi connectivity index (χ1n) is 5.50. The van der Waals surface area contributed by atoms with Gasteiger partial charge >= 0.3 is 0 Å². The van der Waals surface area contributed by atoms with E-state index in [1.54, 1.807) is 24.3 Å². The van der Waals surface area contributed by atoms with Crippen LogP contribution in [0.1, 0.15) is 17.2 Å². The summed E-state index contributed by atoms with van der Waals surface area (Å²) in [5.74, 6) is -0.504. The molecule has 2 rings (SSSR count). The Morgan fingerprint density at radius 3 is 2.68 bits per heavy atom. The number of methoxy groups -OCH3 is 1. The van der Waals surface area contributed by atoms with Gasteiger partial charge in [0.2, 0.25) is 0 Å². The predicted octanol–water partition coefficient (Wildman–Crippen LogP) is 4.33. The smallest absolute Gasteiger partial charge is 0.171 e. The molecule has 0 bridgehead atoms. The van der Waals surface area contributed by atoms with E-state index in [0.717, 1.165) is 4.47 Å². The number of aliphatic hydroxyl groups is 1. The Balaban J connectivity index is 2.50. The van der Waals surface area contributed by atoms with Gasteiger partial charge in [0.05, 0.1) is 7.11 Å². The molecular formula is C14H11BrClFO2. The fourth-order valence-corrected chi connectivity index (χ4v) is 2.39. The van der Waals surface area contributed by atoms with Crippen LogP contribution in [0.5, 0.6) is 5.75 Å². The lowest BCUT2D eigenvalue weighted by molar-refractivity contribution is 0.213. The van der Waals surface area contributed by atoms with Gasteiger partial charge in [0.25, 0.3) is 0 Å². The highest BCUT2D eigenvalue weighted by Crippen LogP contribution is 2.34. The summed E-state index contributed by atoms with van der Waals surface area (Å²) in [5.41, 5.74) is 0.558. The second-order valence-electron chi connectivity index (χ2n) is 3.93. The van der Waals surface area contributed by atoms with Crippen molar-refractivity contribution in [1.29, 1.82) is 0 Å². The largest absolute Gasteiger partial charge is 0.494 e. The molecule has 0 amide bonds. The van der Waals surface area contributed by atoms with Gasteiger partial charge < -0.3 is 9.84 Å².